The van der Waals surface area contributed by atoms with Crippen LogP contribution in [-0.4, -0.2) is 28.6 Å². The molecule has 0 heterocycles. The average Bonchev–Trinajstić information content (AvgIpc) is 2.49. The first-order valence-corrected chi connectivity index (χ1v) is 6.79. The summed E-state index contributed by atoms with van der Waals surface area (Å²) >= 11 is 0. The summed E-state index contributed by atoms with van der Waals surface area (Å²) in [6.45, 7) is 5.47. The molecule has 0 radical (unpaired) electrons. The minimum atomic E-state index is -1.12. The van der Waals surface area contributed by atoms with Crippen molar-refractivity contribution in [2.45, 2.75) is 27.0 Å². The van der Waals surface area contributed by atoms with E-state index in [0.717, 1.165) is 5.57 Å². The van der Waals surface area contributed by atoms with Gasteiger partial charge < -0.3 is 21.3 Å². The van der Waals surface area contributed by atoms with Crippen LogP contribution in [0.15, 0.2) is 46.6 Å². The molecule has 1 unspecified atom stereocenters. The van der Waals surface area contributed by atoms with Crippen LogP contribution in [0.25, 0.3) is 0 Å². The summed E-state index contributed by atoms with van der Waals surface area (Å²) in [7, 11) is 0. The molecule has 0 bridgehead atoms. The highest BCUT2D eigenvalue weighted by molar-refractivity contribution is 5.97. The maximum absolute atomic E-state index is 11.1. The van der Waals surface area contributed by atoms with E-state index < -0.39 is 12.2 Å². The number of carbonyl (C=O) groups is 1. The van der Waals surface area contributed by atoms with E-state index in [4.69, 9.17) is 10.8 Å². The largest absolute Gasteiger partial charge is 0.478 e. The number of anilines is 2. The fourth-order valence-corrected chi connectivity index (χ4v) is 1.81. The summed E-state index contributed by atoms with van der Waals surface area (Å²) < 4.78 is 0. The number of hydrogen-bond donors (Lipinski definition) is 4. The van der Waals surface area contributed by atoms with Crippen molar-refractivity contribution in [2.75, 3.05) is 11.1 Å². The third kappa shape index (κ3) is 4.20. The second kappa shape index (κ2) is 7.99. The molecule has 0 aliphatic heterocycles. The molecule has 0 saturated carbocycles. The predicted molar refractivity (Wildman–Crippen MR) is 89.1 cm³/mol. The summed E-state index contributed by atoms with van der Waals surface area (Å²) in [6, 6.07) is 4.58. The van der Waals surface area contributed by atoms with Gasteiger partial charge in [0.05, 0.1) is 16.9 Å². The number of aliphatic hydroxyl groups is 1. The van der Waals surface area contributed by atoms with Gasteiger partial charge in [-0.05, 0) is 38.5 Å². The number of aromatic carboxylic acids is 1. The number of hydrogen-bond acceptors (Lipinski definition) is 5. The number of nitrogen functional groups attached to an aromatic ring is 1. The second-order valence-electron chi connectivity index (χ2n) is 4.58. The molecule has 0 saturated heterocycles. The quantitative estimate of drug-likeness (QED) is 0.280. The fraction of sp³-hybridized carbons (Fsp3) is 0.250. The van der Waals surface area contributed by atoms with E-state index in [2.05, 4.69) is 10.3 Å². The molecule has 0 aliphatic rings. The lowest BCUT2D eigenvalue weighted by Gasteiger charge is -2.19. The SMILES string of the molecule is CC=N/C=C(\C(C)=CC)C(O)Nc1cccc(C(=O)O)c1N. The zero-order chi connectivity index (χ0) is 16.7. The van der Waals surface area contributed by atoms with Crippen LogP contribution in [0.1, 0.15) is 31.1 Å². The molecule has 6 heteroatoms. The van der Waals surface area contributed by atoms with Gasteiger partial charge in [-0.2, -0.15) is 0 Å². The van der Waals surface area contributed by atoms with E-state index in [1.165, 1.54) is 6.07 Å². The topological polar surface area (TPSA) is 108 Å². The first-order valence-electron chi connectivity index (χ1n) is 6.79. The number of carboxylic acid groups (broad SMARTS) is 1. The molecule has 5 N–H and O–H groups in total. The van der Waals surface area contributed by atoms with Crippen molar-refractivity contribution in [3.8, 4) is 0 Å². The summed E-state index contributed by atoms with van der Waals surface area (Å²) in [5.74, 6) is -1.12. The van der Waals surface area contributed by atoms with Gasteiger partial charge >= 0.3 is 5.97 Å². The van der Waals surface area contributed by atoms with Gasteiger partial charge in [-0.3, -0.25) is 4.99 Å². The smallest absolute Gasteiger partial charge is 0.337 e. The van der Waals surface area contributed by atoms with Crippen molar-refractivity contribution in [2.24, 2.45) is 4.99 Å². The first kappa shape index (κ1) is 17.5. The van der Waals surface area contributed by atoms with E-state index in [1.54, 1.807) is 31.5 Å². The van der Waals surface area contributed by atoms with Gasteiger partial charge in [-0.1, -0.05) is 12.1 Å². The Balaban J connectivity index is 3.12. The zero-order valence-electron chi connectivity index (χ0n) is 12.9. The minimum absolute atomic E-state index is 0.0166. The summed E-state index contributed by atoms with van der Waals surface area (Å²) in [5, 5.41) is 22.2. The van der Waals surface area contributed by atoms with Crippen molar-refractivity contribution in [1.82, 2.24) is 0 Å². The van der Waals surface area contributed by atoms with Crippen molar-refractivity contribution >= 4 is 23.6 Å². The lowest BCUT2D eigenvalue weighted by atomic mass is 10.1. The monoisotopic (exact) mass is 303 g/mol. The van der Waals surface area contributed by atoms with E-state index in [0.29, 0.717) is 11.3 Å². The van der Waals surface area contributed by atoms with Crippen LogP contribution < -0.4 is 11.1 Å². The molecule has 1 rings (SSSR count). The van der Waals surface area contributed by atoms with Gasteiger partial charge in [0.2, 0.25) is 0 Å². The molecular formula is C16H21N3O3. The lowest BCUT2D eigenvalue weighted by molar-refractivity contribution is 0.0698. The highest BCUT2D eigenvalue weighted by Crippen LogP contribution is 2.25. The van der Waals surface area contributed by atoms with Crippen LogP contribution >= 0.6 is 0 Å². The Bertz CT molecular complexity index is 634. The fourth-order valence-electron chi connectivity index (χ4n) is 1.81. The molecule has 118 valence electrons. The summed E-state index contributed by atoms with van der Waals surface area (Å²) in [4.78, 5) is 15.1. The Labute approximate surface area is 129 Å². The Morgan fingerprint density at radius 2 is 2.09 bits per heavy atom. The molecule has 1 atom stereocenters. The number of aliphatic hydroxyl groups excluding tert-OH is 1. The highest BCUT2D eigenvalue weighted by Gasteiger charge is 2.16. The molecule has 22 heavy (non-hydrogen) atoms. The maximum Gasteiger partial charge on any atom is 0.337 e. The van der Waals surface area contributed by atoms with Crippen LogP contribution in [0.5, 0.6) is 0 Å². The van der Waals surface area contributed by atoms with E-state index >= 15 is 0 Å². The molecule has 0 aromatic heterocycles. The number of aliphatic imine (C=N–C) groups is 1. The third-order valence-electron chi connectivity index (χ3n) is 3.17. The second-order valence-corrected chi connectivity index (χ2v) is 4.58. The predicted octanol–water partition coefficient (Wildman–Crippen LogP) is 2.64. The molecule has 1 aromatic rings. The van der Waals surface area contributed by atoms with Gasteiger partial charge in [0.1, 0.15) is 0 Å². The molecule has 0 fully saturated rings. The van der Waals surface area contributed by atoms with Gasteiger partial charge in [0.25, 0.3) is 0 Å². The molecule has 0 amide bonds. The lowest BCUT2D eigenvalue weighted by Crippen LogP contribution is -2.23. The number of nitrogens with one attached hydrogen (secondary N) is 1. The normalized spacial score (nSPS) is 14.2. The molecule has 0 aliphatic carbocycles. The van der Waals surface area contributed by atoms with Gasteiger partial charge in [-0.25, -0.2) is 4.79 Å². The van der Waals surface area contributed by atoms with E-state index in [-0.39, 0.29) is 11.3 Å². The summed E-state index contributed by atoms with van der Waals surface area (Å²) in [6.07, 6.45) is 3.93. The van der Waals surface area contributed by atoms with Crippen molar-refractivity contribution in [3.05, 3.63) is 47.2 Å². The highest BCUT2D eigenvalue weighted by atomic mass is 16.4. The maximum atomic E-state index is 11.1. The number of carboxylic acids is 1. The van der Waals surface area contributed by atoms with Crippen LogP contribution in [0, 0.1) is 0 Å². The van der Waals surface area contributed by atoms with Crippen LogP contribution in [0.3, 0.4) is 0 Å². The van der Waals surface area contributed by atoms with Gasteiger partial charge in [0, 0.05) is 18.0 Å². The molecule has 0 spiro atoms. The number of nitrogens with zero attached hydrogens (tertiary/aromatic N) is 1. The van der Waals surface area contributed by atoms with Crippen molar-refractivity contribution < 1.29 is 15.0 Å². The van der Waals surface area contributed by atoms with Crippen LogP contribution in [0.2, 0.25) is 0 Å². The number of allylic oxidation sites excluding steroid dienone is 1. The zero-order valence-corrected chi connectivity index (χ0v) is 12.9. The Morgan fingerprint density at radius 3 is 2.64 bits per heavy atom. The van der Waals surface area contributed by atoms with E-state index in [9.17, 15) is 9.90 Å². The van der Waals surface area contributed by atoms with Gasteiger partial charge in [0.15, 0.2) is 6.23 Å². The number of rotatable bonds is 6. The molecule has 6 nitrogen and oxygen atoms in total. The van der Waals surface area contributed by atoms with Gasteiger partial charge in [-0.15, -0.1) is 0 Å². The summed E-state index contributed by atoms with van der Waals surface area (Å²) in [5.41, 5.74) is 7.65. The Morgan fingerprint density at radius 1 is 1.41 bits per heavy atom. The number of benzene rings is 1. The standard InChI is InChI=1S/C16H21N3O3/c1-4-10(3)12(9-18-5-2)15(20)19-13-8-6-7-11(14(13)17)16(21)22/h4-9,15,19-20H,17H2,1-3H3,(H,21,22)/b10-4?,12-9+,18-5?. The van der Waals surface area contributed by atoms with Crippen LogP contribution in [0.4, 0.5) is 11.4 Å². The van der Waals surface area contributed by atoms with Crippen molar-refractivity contribution in [3.63, 3.8) is 0 Å². The molecular weight excluding hydrogens is 282 g/mol. The average molecular weight is 303 g/mol. The van der Waals surface area contributed by atoms with Crippen molar-refractivity contribution in [1.29, 1.82) is 0 Å². The Hall–Kier alpha value is -2.60. The first-order chi connectivity index (χ1) is 10.4. The molecule has 1 aromatic carbocycles. The third-order valence-corrected chi connectivity index (χ3v) is 3.17. The Kier molecular flexibility index (Phi) is 6.34. The van der Waals surface area contributed by atoms with Crippen LogP contribution in [-0.2, 0) is 0 Å². The minimum Gasteiger partial charge on any atom is -0.478 e. The van der Waals surface area contributed by atoms with E-state index in [1.807, 2.05) is 19.9 Å². The number of nitrogens with two attached hydrogens (primary N) is 1. The number of para-hydroxylation sites is 1.